The molecule has 0 aliphatic heterocycles. The number of aliphatic carboxylic acids is 1. The summed E-state index contributed by atoms with van der Waals surface area (Å²) in [5, 5.41) is 11.6. The molecule has 2 N–H and O–H groups in total. The molecule has 1 atom stereocenters. The monoisotopic (exact) mass is 313 g/mol. The van der Waals surface area contributed by atoms with Crippen molar-refractivity contribution in [3.63, 3.8) is 0 Å². The summed E-state index contributed by atoms with van der Waals surface area (Å²) < 4.78 is 13.5. The van der Waals surface area contributed by atoms with Crippen molar-refractivity contribution in [2.45, 2.75) is 32.2 Å². The van der Waals surface area contributed by atoms with Gasteiger partial charge in [0.25, 0.3) is 0 Å². The van der Waals surface area contributed by atoms with Gasteiger partial charge in [-0.25, -0.2) is 9.18 Å². The molecule has 1 amide bonds. The predicted molar refractivity (Wildman–Crippen MR) is 79.5 cm³/mol. The van der Waals surface area contributed by atoms with Gasteiger partial charge in [-0.3, -0.25) is 4.79 Å². The molecule has 1 aromatic carbocycles. The smallest absolute Gasteiger partial charge is 0.326 e. The zero-order valence-corrected chi connectivity index (χ0v) is 12.4. The Bertz CT molecular complexity index is 525. The van der Waals surface area contributed by atoms with E-state index in [1.807, 2.05) is 6.92 Å². The fraction of sp³-hybridized carbons (Fsp3) is 0.333. The highest BCUT2D eigenvalue weighted by molar-refractivity contribution is 6.32. The van der Waals surface area contributed by atoms with Crippen LogP contribution in [-0.4, -0.2) is 23.0 Å². The molecule has 0 saturated heterocycles. The molecule has 4 nitrogen and oxygen atoms in total. The maximum Gasteiger partial charge on any atom is 0.326 e. The van der Waals surface area contributed by atoms with Gasteiger partial charge >= 0.3 is 5.97 Å². The summed E-state index contributed by atoms with van der Waals surface area (Å²) in [7, 11) is 0. The van der Waals surface area contributed by atoms with Crippen LogP contribution in [0.1, 0.15) is 31.7 Å². The molecule has 0 bridgehead atoms. The normalized spacial score (nSPS) is 12.3. The SMILES string of the molecule is CCCC[C@H](NC(=O)/C=C/c1c(F)cccc1Cl)C(=O)O. The van der Waals surface area contributed by atoms with E-state index in [1.165, 1.54) is 24.3 Å². The van der Waals surface area contributed by atoms with E-state index in [1.54, 1.807) is 0 Å². The number of carboxylic acids is 1. The first-order valence-corrected chi connectivity index (χ1v) is 6.99. The number of carbonyl (C=O) groups excluding carboxylic acids is 1. The molecule has 114 valence electrons. The molecule has 0 saturated carbocycles. The number of amides is 1. The van der Waals surface area contributed by atoms with Crippen molar-refractivity contribution >= 4 is 29.6 Å². The second kappa shape index (κ2) is 8.42. The van der Waals surface area contributed by atoms with E-state index in [0.29, 0.717) is 12.8 Å². The fourth-order valence-electron chi connectivity index (χ4n) is 1.71. The molecule has 1 aromatic rings. The molecule has 0 aliphatic carbocycles. The molecule has 0 heterocycles. The lowest BCUT2D eigenvalue weighted by molar-refractivity contribution is -0.141. The van der Waals surface area contributed by atoms with Gasteiger partial charge < -0.3 is 10.4 Å². The molecule has 0 aromatic heterocycles. The number of hydrogen-bond acceptors (Lipinski definition) is 2. The van der Waals surface area contributed by atoms with Crippen molar-refractivity contribution < 1.29 is 19.1 Å². The van der Waals surface area contributed by atoms with Gasteiger partial charge in [0.2, 0.25) is 5.91 Å². The third kappa shape index (κ3) is 5.55. The number of unbranched alkanes of at least 4 members (excludes halogenated alkanes) is 1. The fourth-order valence-corrected chi connectivity index (χ4v) is 1.94. The van der Waals surface area contributed by atoms with Crippen LogP contribution in [0.4, 0.5) is 4.39 Å². The standard InChI is InChI=1S/C15H17ClFNO3/c1-2-3-7-13(15(20)21)18-14(19)9-8-10-11(16)5-4-6-12(10)17/h4-6,8-9,13H,2-3,7H2,1H3,(H,18,19)(H,20,21)/b9-8+/t13-/m0/s1. The minimum atomic E-state index is -1.09. The third-order valence-electron chi connectivity index (χ3n) is 2.86. The number of nitrogens with one attached hydrogen (secondary N) is 1. The average molecular weight is 314 g/mol. The van der Waals surface area contributed by atoms with E-state index in [0.717, 1.165) is 12.5 Å². The van der Waals surface area contributed by atoms with Crippen molar-refractivity contribution in [1.82, 2.24) is 5.32 Å². The Hall–Kier alpha value is -1.88. The zero-order chi connectivity index (χ0) is 15.8. The lowest BCUT2D eigenvalue weighted by Gasteiger charge is -2.12. The molecule has 0 radical (unpaired) electrons. The summed E-state index contributed by atoms with van der Waals surface area (Å²) in [6, 6.07) is 3.24. The Morgan fingerprint density at radius 3 is 2.76 bits per heavy atom. The zero-order valence-electron chi connectivity index (χ0n) is 11.6. The van der Waals surface area contributed by atoms with Crippen LogP contribution in [0.3, 0.4) is 0 Å². The number of carboxylic acid groups (broad SMARTS) is 1. The molecule has 6 heteroatoms. The van der Waals surface area contributed by atoms with Crippen molar-refractivity contribution in [3.8, 4) is 0 Å². The van der Waals surface area contributed by atoms with Gasteiger partial charge in [-0.05, 0) is 24.6 Å². The number of hydrogen-bond donors (Lipinski definition) is 2. The van der Waals surface area contributed by atoms with Crippen molar-refractivity contribution in [2.24, 2.45) is 0 Å². The highest BCUT2D eigenvalue weighted by Gasteiger charge is 2.17. The van der Waals surface area contributed by atoms with E-state index < -0.39 is 23.7 Å². The van der Waals surface area contributed by atoms with E-state index >= 15 is 0 Å². The summed E-state index contributed by atoms with van der Waals surface area (Å²) in [6.45, 7) is 1.93. The minimum Gasteiger partial charge on any atom is -0.480 e. The van der Waals surface area contributed by atoms with Crippen LogP contribution in [0.2, 0.25) is 5.02 Å². The van der Waals surface area contributed by atoms with Gasteiger partial charge in [-0.1, -0.05) is 37.4 Å². The molecule has 0 aliphatic rings. The third-order valence-corrected chi connectivity index (χ3v) is 3.19. The van der Waals surface area contributed by atoms with Crippen molar-refractivity contribution in [1.29, 1.82) is 0 Å². The summed E-state index contributed by atoms with van der Waals surface area (Å²) in [5.74, 6) is -2.24. The van der Waals surface area contributed by atoms with Crippen LogP contribution < -0.4 is 5.32 Å². The lowest BCUT2D eigenvalue weighted by atomic mass is 10.1. The van der Waals surface area contributed by atoms with Gasteiger partial charge in [0.05, 0.1) is 5.02 Å². The van der Waals surface area contributed by atoms with E-state index in [4.69, 9.17) is 16.7 Å². The van der Waals surface area contributed by atoms with Gasteiger partial charge in [0.1, 0.15) is 11.9 Å². The first-order chi connectivity index (χ1) is 9.95. The van der Waals surface area contributed by atoms with Crippen molar-refractivity contribution in [2.75, 3.05) is 0 Å². The van der Waals surface area contributed by atoms with Crippen LogP contribution >= 0.6 is 11.6 Å². The Kier molecular flexibility index (Phi) is 6.88. The Morgan fingerprint density at radius 1 is 1.48 bits per heavy atom. The quantitative estimate of drug-likeness (QED) is 0.759. The number of rotatable bonds is 7. The van der Waals surface area contributed by atoms with Crippen LogP contribution in [0.15, 0.2) is 24.3 Å². The molecular weight excluding hydrogens is 297 g/mol. The number of carbonyl (C=O) groups is 2. The van der Waals surface area contributed by atoms with E-state index in [2.05, 4.69) is 5.32 Å². The summed E-state index contributed by atoms with van der Waals surface area (Å²) >= 11 is 5.82. The first-order valence-electron chi connectivity index (χ1n) is 6.61. The highest BCUT2D eigenvalue weighted by Crippen LogP contribution is 2.20. The average Bonchev–Trinajstić information content (AvgIpc) is 2.42. The van der Waals surface area contributed by atoms with Crippen molar-refractivity contribution in [3.05, 3.63) is 40.7 Å². The predicted octanol–water partition coefficient (Wildman–Crippen LogP) is 3.25. The topological polar surface area (TPSA) is 66.4 Å². The Morgan fingerprint density at radius 2 is 2.19 bits per heavy atom. The van der Waals surface area contributed by atoms with Crippen LogP contribution in [0.25, 0.3) is 6.08 Å². The number of halogens is 2. The lowest BCUT2D eigenvalue weighted by Crippen LogP contribution is -2.39. The highest BCUT2D eigenvalue weighted by atomic mass is 35.5. The molecular formula is C15H17ClFNO3. The second-order valence-electron chi connectivity index (χ2n) is 4.51. The molecule has 0 unspecified atom stereocenters. The minimum absolute atomic E-state index is 0.0924. The van der Waals surface area contributed by atoms with Crippen LogP contribution in [-0.2, 0) is 9.59 Å². The number of benzene rings is 1. The largest absolute Gasteiger partial charge is 0.480 e. The summed E-state index contributed by atoms with van der Waals surface area (Å²) in [6.07, 6.45) is 4.18. The molecule has 1 rings (SSSR count). The first kappa shape index (κ1) is 17.2. The van der Waals surface area contributed by atoms with Gasteiger partial charge in [-0.15, -0.1) is 0 Å². The molecule has 0 fully saturated rings. The maximum atomic E-state index is 13.5. The maximum absolute atomic E-state index is 13.5. The Labute approximate surface area is 127 Å². The Balaban J connectivity index is 2.71. The molecule has 21 heavy (non-hydrogen) atoms. The molecule has 0 spiro atoms. The second-order valence-corrected chi connectivity index (χ2v) is 4.92. The van der Waals surface area contributed by atoms with Gasteiger partial charge in [0, 0.05) is 11.6 Å². The summed E-state index contributed by atoms with van der Waals surface area (Å²) in [4.78, 5) is 22.7. The van der Waals surface area contributed by atoms with Gasteiger partial charge in [-0.2, -0.15) is 0 Å². The summed E-state index contributed by atoms with van der Waals surface area (Å²) in [5.41, 5.74) is 0.0924. The van der Waals surface area contributed by atoms with E-state index in [-0.39, 0.29) is 10.6 Å². The van der Waals surface area contributed by atoms with E-state index in [9.17, 15) is 14.0 Å². The van der Waals surface area contributed by atoms with Gasteiger partial charge in [0.15, 0.2) is 0 Å². The van der Waals surface area contributed by atoms with Crippen LogP contribution in [0, 0.1) is 5.82 Å². The van der Waals surface area contributed by atoms with Crippen LogP contribution in [0.5, 0.6) is 0 Å².